The maximum absolute atomic E-state index is 8.66. The van der Waals surface area contributed by atoms with Crippen LogP contribution in [0.15, 0.2) is 0 Å². The minimum Gasteiger partial charge on any atom is -0.196 e. The van der Waals surface area contributed by atoms with Gasteiger partial charge in [0.1, 0.15) is 0 Å². The van der Waals surface area contributed by atoms with Crippen LogP contribution in [0.5, 0.6) is 0 Å². The van der Waals surface area contributed by atoms with Crippen LogP contribution in [0.25, 0.3) is 0 Å². The van der Waals surface area contributed by atoms with E-state index >= 15 is 0 Å². The van der Waals surface area contributed by atoms with E-state index in [1.54, 1.807) is 0 Å². The molecule has 1 atom stereocenters. The van der Waals surface area contributed by atoms with E-state index in [9.17, 15) is 0 Å². The molecule has 4 heteroatoms. The molecule has 0 aliphatic rings. The Morgan fingerprint density at radius 1 is 1.50 bits per heavy atom. The first-order valence-electron chi connectivity index (χ1n) is 2.65. The van der Waals surface area contributed by atoms with Crippen LogP contribution in [0.2, 0.25) is 0 Å². The summed E-state index contributed by atoms with van der Waals surface area (Å²) in [6.07, 6.45) is 0. The zero-order chi connectivity index (χ0) is 8.20. The number of rotatable bonds is 2. The normalized spacial score (nSPS) is 13.3. The Morgan fingerprint density at radius 2 is 1.90 bits per heavy atom. The molecule has 2 nitrogen and oxygen atoms in total. The van der Waals surface area contributed by atoms with Gasteiger partial charge in [-0.15, -0.1) is 0 Å². The van der Waals surface area contributed by atoms with Crippen molar-refractivity contribution in [1.82, 2.24) is 0 Å². The summed E-state index contributed by atoms with van der Waals surface area (Å²) in [6, 6.07) is 4.08. The van der Waals surface area contributed by atoms with Crippen LogP contribution >= 0.6 is 45.2 Å². The van der Waals surface area contributed by atoms with E-state index in [1.807, 2.05) is 19.1 Å². The van der Waals surface area contributed by atoms with E-state index in [1.165, 1.54) is 0 Å². The molecule has 0 radical (unpaired) electrons. The van der Waals surface area contributed by atoms with Crippen LogP contribution in [0, 0.1) is 28.1 Å². The Balaban J connectivity index is 4.57. The molecule has 0 heterocycles. The minimum atomic E-state index is -0.791. The lowest BCUT2D eigenvalue weighted by molar-refractivity contribution is 0.616. The third-order valence-electron chi connectivity index (χ3n) is 1.29. The number of nitriles is 2. The SMILES string of the molecule is CC(I)C(C#N)(C#N)CI. The van der Waals surface area contributed by atoms with Gasteiger partial charge < -0.3 is 0 Å². The Hall–Kier alpha value is 0.440. The highest BCUT2D eigenvalue weighted by Crippen LogP contribution is 2.28. The average molecular weight is 360 g/mol. The first kappa shape index (κ1) is 10.4. The van der Waals surface area contributed by atoms with Crippen LogP contribution < -0.4 is 0 Å². The molecule has 0 bridgehead atoms. The van der Waals surface area contributed by atoms with Crippen molar-refractivity contribution in [2.24, 2.45) is 5.41 Å². The number of hydrogen-bond donors (Lipinski definition) is 0. The maximum Gasteiger partial charge on any atom is 0.164 e. The van der Waals surface area contributed by atoms with Crippen LogP contribution in [0.1, 0.15) is 6.92 Å². The fraction of sp³-hybridized carbons (Fsp3) is 0.667. The zero-order valence-electron chi connectivity index (χ0n) is 5.43. The van der Waals surface area contributed by atoms with E-state index < -0.39 is 5.41 Å². The molecule has 0 aliphatic carbocycles. The summed E-state index contributed by atoms with van der Waals surface area (Å²) in [5, 5.41) is 17.3. The van der Waals surface area contributed by atoms with E-state index in [-0.39, 0.29) is 3.92 Å². The smallest absolute Gasteiger partial charge is 0.164 e. The molecule has 0 aromatic heterocycles. The quantitative estimate of drug-likeness (QED) is 0.561. The van der Waals surface area contributed by atoms with Gasteiger partial charge in [0.05, 0.1) is 12.1 Å². The number of nitrogens with zero attached hydrogens (tertiary/aromatic N) is 2. The van der Waals surface area contributed by atoms with Gasteiger partial charge in [0.25, 0.3) is 0 Å². The van der Waals surface area contributed by atoms with Crippen molar-refractivity contribution in [2.75, 3.05) is 4.43 Å². The summed E-state index contributed by atoms with van der Waals surface area (Å²) in [7, 11) is 0. The standard InChI is InChI=1S/C6H6I2N2/c1-5(8)6(2-7,3-9)4-10/h5H,2H2,1H3. The van der Waals surface area contributed by atoms with Gasteiger partial charge in [0, 0.05) is 8.35 Å². The second kappa shape index (κ2) is 4.35. The lowest BCUT2D eigenvalue weighted by Crippen LogP contribution is -2.27. The molecular formula is C6H6I2N2. The van der Waals surface area contributed by atoms with Crippen molar-refractivity contribution in [3.8, 4) is 12.1 Å². The maximum atomic E-state index is 8.66. The second-order valence-corrected chi connectivity index (χ2v) is 4.58. The molecule has 0 aliphatic heterocycles. The Morgan fingerprint density at radius 3 is 1.90 bits per heavy atom. The molecule has 0 fully saturated rings. The Labute approximate surface area is 87.9 Å². The third kappa shape index (κ3) is 1.96. The van der Waals surface area contributed by atoms with E-state index in [0.29, 0.717) is 4.43 Å². The summed E-state index contributed by atoms with van der Waals surface area (Å²) >= 11 is 4.18. The van der Waals surface area contributed by atoms with Crippen molar-refractivity contribution in [1.29, 1.82) is 10.5 Å². The molecule has 10 heavy (non-hydrogen) atoms. The fourth-order valence-corrected chi connectivity index (χ4v) is 2.71. The van der Waals surface area contributed by atoms with Gasteiger partial charge in [-0.1, -0.05) is 52.1 Å². The molecule has 0 amide bonds. The van der Waals surface area contributed by atoms with Crippen molar-refractivity contribution in [3.05, 3.63) is 0 Å². The summed E-state index contributed by atoms with van der Waals surface area (Å²) in [5.74, 6) is 0. The predicted octanol–water partition coefficient (Wildman–Crippen LogP) is 2.28. The van der Waals surface area contributed by atoms with Crippen molar-refractivity contribution in [2.45, 2.75) is 10.8 Å². The summed E-state index contributed by atoms with van der Waals surface area (Å²) < 4.78 is 0.652. The average Bonchev–Trinajstić information content (AvgIpc) is 1.92. The topological polar surface area (TPSA) is 47.6 Å². The summed E-state index contributed by atoms with van der Waals surface area (Å²) in [4.78, 5) is 0. The first-order chi connectivity index (χ1) is 4.63. The predicted molar refractivity (Wildman–Crippen MR) is 56.0 cm³/mol. The molecule has 0 saturated heterocycles. The summed E-state index contributed by atoms with van der Waals surface area (Å²) in [5.41, 5.74) is -0.791. The molecule has 0 N–H and O–H groups in total. The van der Waals surface area contributed by atoms with Crippen molar-refractivity contribution >= 4 is 45.2 Å². The lowest BCUT2D eigenvalue weighted by atomic mass is 9.92. The van der Waals surface area contributed by atoms with Crippen LogP contribution in [0.4, 0.5) is 0 Å². The highest BCUT2D eigenvalue weighted by Gasteiger charge is 2.33. The molecule has 54 valence electrons. The molecule has 1 unspecified atom stereocenters. The number of alkyl halides is 2. The van der Waals surface area contributed by atoms with Gasteiger partial charge in [0.15, 0.2) is 5.41 Å². The monoisotopic (exact) mass is 360 g/mol. The number of hydrogen-bond acceptors (Lipinski definition) is 2. The molecule has 0 spiro atoms. The largest absolute Gasteiger partial charge is 0.196 e. The second-order valence-electron chi connectivity index (χ2n) is 1.94. The van der Waals surface area contributed by atoms with Crippen molar-refractivity contribution < 1.29 is 0 Å². The molecule has 0 aromatic rings. The van der Waals surface area contributed by atoms with Gasteiger partial charge in [-0.05, 0) is 0 Å². The van der Waals surface area contributed by atoms with Crippen molar-refractivity contribution in [3.63, 3.8) is 0 Å². The van der Waals surface area contributed by atoms with E-state index in [2.05, 4.69) is 45.2 Å². The Bertz CT molecular complexity index is 173. The highest BCUT2D eigenvalue weighted by atomic mass is 127. The first-order valence-corrected chi connectivity index (χ1v) is 5.42. The highest BCUT2D eigenvalue weighted by molar-refractivity contribution is 14.1. The Kier molecular flexibility index (Phi) is 4.54. The van der Waals surface area contributed by atoms with Crippen LogP contribution in [-0.4, -0.2) is 8.35 Å². The fourth-order valence-electron chi connectivity index (χ4n) is 0.369. The van der Waals surface area contributed by atoms with E-state index in [4.69, 9.17) is 10.5 Å². The van der Waals surface area contributed by atoms with Gasteiger partial charge in [0.2, 0.25) is 0 Å². The van der Waals surface area contributed by atoms with Gasteiger partial charge >= 0.3 is 0 Å². The third-order valence-corrected chi connectivity index (χ3v) is 3.56. The van der Waals surface area contributed by atoms with Gasteiger partial charge in [-0.25, -0.2) is 0 Å². The van der Waals surface area contributed by atoms with Gasteiger partial charge in [-0.2, -0.15) is 10.5 Å². The molecule has 0 saturated carbocycles. The zero-order valence-corrected chi connectivity index (χ0v) is 9.75. The lowest BCUT2D eigenvalue weighted by Gasteiger charge is -2.17. The molecular weight excluding hydrogens is 354 g/mol. The van der Waals surface area contributed by atoms with Gasteiger partial charge in [-0.3, -0.25) is 0 Å². The number of halogens is 2. The molecule has 0 aromatic carbocycles. The minimum absolute atomic E-state index is 0.0806. The summed E-state index contributed by atoms with van der Waals surface area (Å²) in [6.45, 7) is 1.88. The molecule has 0 rings (SSSR count). The van der Waals surface area contributed by atoms with Crippen LogP contribution in [-0.2, 0) is 0 Å². The van der Waals surface area contributed by atoms with E-state index in [0.717, 1.165) is 0 Å². The van der Waals surface area contributed by atoms with Crippen LogP contribution in [0.3, 0.4) is 0 Å².